The molecule has 1 aromatic heterocycles. The van der Waals surface area contributed by atoms with Crippen LogP contribution in [-0.2, 0) is 23.2 Å². The maximum absolute atomic E-state index is 12.4. The molecule has 6 heteroatoms. The number of benzene rings is 1. The van der Waals surface area contributed by atoms with Crippen molar-refractivity contribution in [3.63, 3.8) is 0 Å². The first-order chi connectivity index (χ1) is 11.5. The van der Waals surface area contributed by atoms with E-state index in [1.165, 1.54) is 6.92 Å². The van der Waals surface area contributed by atoms with E-state index in [0.717, 1.165) is 16.7 Å². The largest absolute Gasteiger partial charge is 0.352 e. The lowest BCUT2D eigenvalue weighted by Crippen LogP contribution is -2.35. The number of nitrogens with one attached hydrogen (secondary N) is 1. The molecule has 0 aliphatic carbocycles. The molecule has 1 aliphatic rings. The van der Waals surface area contributed by atoms with Crippen LogP contribution in [0.5, 0.6) is 0 Å². The molecular formula is C18H20N4O2. The van der Waals surface area contributed by atoms with Crippen LogP contribution in [0.2, 0.25) is 0 Å². The predicted molar refractivity (Wildman–Crippen MR) is 90.4 cm³/mol. The molecule has 2 heterocycles. The van der Waals surface area contributed by atoms with E-state index in [4.69, 9.17) is 0 Å². The predicted octanol–water partition coefficient (Wildman–Crippen LogP) is 2.00. The van der Waals surface area contributed by atoms with Crippen molar-refractivity contribution in [2.24, 2.45) is 7.05 Å². The van der Waals surface area contributed by atoms with E-state index in [1.807, 2.05) is 43.6 Å². The second-order valence-electron chi connectivity index (χ2n) is 5.89. The first kappa shape index (κ1) is 16.0. The Morgan fingerprint density at radius 2 is 2.08 bits per heavy atom. The minimum atomic E-state index is -0.280. The number of amides is 2. The number of carbonyl (C=O) groups excluding carboxylic acids is 2. The summed E-state index contributed by atoms with van der Waals surface area (Å²) in [5.74, 6) is -0.175. The molecule has 0 saturated heterocycles. The molecule has 0 radical (unpaired) electrons. The van der Waals surface area contributed by atoms with Crippen LogP contribution < -0.4 is 5.32 Å². The summed E-state index contributed by atoms with van der Waals surface area (Å²) >= 11 is 0. The third kappa shape index (κ3) is 3.37. The fraction of sp³-hybridized carbons (Fsp3) is 0.278. The van der Waals surface area contributed by atoms with Crippen molar-refractivity contribution in [3.05, 3.63) is 59.5 Å². The summed E-state index contributed by atoms with van der Waals surface area (Å²) in [6.45, 7) is 1.94. The topological polar surface area (TPSA) is 67.2 Å². The molecule has 1 atom stereocenters. The summed E-state index contributed by atoms with van der Waals surface area (Å²) in [7, 11) is 1.83. The molecule has 1 aliphatic heterocycles. The van der Waals surface area contributed by atoms with Gasteiger partial charge in [0, 0.05) is 38.5 Å². The minimum absolute atomic E-state index is 0.0780. The lowest BCUT2D eigenvalue weighted by molar-refractivity contribution is -0.130. The highest BCUT2D eigenvalue weighted by atomic mass is 16.2. The minimum Gasteiger partial charge on any atom is -0.352 e. The van der Waals surface area contributed by atoms with Gasteiger partial charge in [0.05, 0.1) is 18.7 Å². The number of hydrogen-bond acceptors (Lipinski definition) is 3. The molecule has 6 nitrogen and oxygen atoms in total. The molecule has 0 unspecified atom stereocenters. The van der Waals surface area contributed by atoms with Crippen LogP contribution in [0.25, 0.3) is 6.08 Å². The Morgan fingerprint density at radius 3 is 2.79 bits per heavy atom. The van der Waals surface area contributed by atoms with Crippen molar-refractivity contribution in [2.45, 2.75) is 25.9 Å². The normalized spacial score (nSPS) is 15.9. The van der Waals surface area contributed by atoms with Crippen LogP contribution in [0, 0.1) is 0 Å². The van der Waals surface area contributed by atoms with Crippen LogP contribution in [0.4, 0.5) is 0 Å². The Morgan fingerprint density at radius 1 is 1.29 bits per heavy atom. The third-order valence-electron chi connectivity index (χ3n) is 4.10. The van der Waals surface area contributed by atoms with E-state index in [1.54, 1.807) is 22.0 Å². The zero-order chi connectivity index (χ0) is 17.1. The van der Waals surface area contributed by atoms with Gasteiger partial charge in [-0.25, -0.2) is 0 Å². The zero-order valence-corrected chi connectivity index (χ0v) is 13.8. The summed E-state index contributed by atoms with van der Waals surface area (Å²) in [6.07, 6.45) is 7.47. The summed E-state index contributed by atoms with van der Waals surface area (Å²) < 4.78 is 1.70. The molecule has 0 saturated carbocycles. The Labute approximate surface area is 140 Å². The Hall–Kier alpha value is -2.89. The van der Waals surface area contributed by atoms with Gasteiger partial charge in [0.15, 0.2) is 0 Å². The monoisotopic (exact) mass is 324 g/mol. The number of fused-ring (bicyclic) bond motifs is 1. The molecule has 3 rings (SSSR count). The van der Waals surface area contributed by atoms with Crippen LogP contribution in [0.15, 0.2) is 42.9 Å². The molecule has 124 valence electrons. The molecule has 1 N–H and O–H groups in total. The van der Waals surface area contributed by atoms with Crippen molar-refractivity contribution in [1.82, 2.24) is 20.0 Å². The second-order valence-corrected chi connectivity index (χ2v) is 5.89. The van der Waals surface area contributed by atoms with Gasteiger partial charge in [-0.1, -0.05) is 24.3 Å². The number of rotatable bonds is 4. The van der Waals surface area contributed by atoms with Crippen molar-refractivity contribution in [2.75, 3.05) is 0 Å². The van der Waals surface area contributed by atoms with Crippen molar-refractivity contribution >= 4 is 17.9 Å². The van der Waals surface area contributed by atoms with Crippen LogP contribution in [-0.4, -0.2) is 26.5 Å². The first-order valence-corrected chi connectivity index (χ1v) is 7.85. The molecule has 24 heavy (non-hydrogen) atoms. The van der Waals surface area contributed by atoms with E-state index in [-0.39, 0.29) is 24.3 Å². The van der Waals surface area contributed by atoms with Crippen LogP contribution in [0.3, 0.4) is 0 Å². The molecule has 2 amide bonds. The SMILES string of the molecule is CC(=O)N1C=Cc2ccccc2[C@@H]1CC(=O)NCc1cnn(C)c1. The molecular weight excluding hydrogens is 304 g/mol. The van der Waals surface area contributed by atoms with Gasteiger partial charge in [0.25, 0.3) is 0 Å². The lowest BCUT2D eigenvalue weighted by Gasteiger charge is -2.32. The van der Waals surface area contributed by atoms with Gasteiger partial charge in [-0.3, -0.25) is 14.3 Å². The number of aryl methyl sites for hydroxylation is 1. The molecule has 0 spiro atoms. The van der Waals surface area contributed by atoms with Crippen molar-refractivity contribution in [3.8, 4) is 0 Å². The molecule has 0 bridgehead atoms. The zero-order valence-electron chi connectivity index (χ0n) is 13.8. The van der Waals surface area contributed by atoms with E-state index in [2.05, 4.69) is 10.4 Å². The third-order valence-corrected chi connectivity index (χ3v) is 4.10. The van der Waals surface area contributed by atoms with Gasteiger partial charge < -0.3 is 10.2 Å². The summed E-state index contributed by atoms with van der Waals surface area (Å²) in [5, 5.41) is 6.97. The van der Waals surface area contributed by atoms with E-state index < -0.39 is 0 Å². The fourth-order valence-corrected chi connectivity index (χ4v) is 2.92. The molecule has 1 aromatic carbocycles. The Kier molecular flexibility index (Phi) is 4.46. The molecule has 0 fully saturated rings. The highest BCUT2D eigenvalue weighted by molar-refractivity contribution is 5.81. The number of aromatic nitrogens is 2. The molecule has 2 aromatic rings. The smallest absolute Gasteiger partial charge is 0.223 e. The second kappa shape index (κ2) is 6.70. The van der Waals surface area contributed by atoms with Crippen LogP contribution in [0.1, 0.15) is 36.1 Å². The average molecular weight is 324 g/mol. The maximum atomic E-state index is 12.4. The van der Waals surface area contributed by atoms with Crippen molar-refractivity contribution in [1.29, 1.82) is 0 Å². The lowest BCUT2D eigenvalue weighted by atomic mass is 9.93. The van der Waals surface area contributed by atoms with Crippen molar-refractivity contribution < 1.29 is 9.59 Å². The number of nitrogens with zero attached hydrogens (tertiary/aromatic N) is 3. The summed E-state index contributed by atoms with van der Waals surface area (Å²) in [5.41, 5.74) is 2.98. The maximum Gasteiger partial charge on any atom is 0.223 e. The average Bonchev–Trinajstić information content (AvgIpc) is 2.98. The highest BCUT2D eigenvalue weighted by Gasteiger charge is 2.27. The van der Waals surface area contributed by atoms with Gasteiger partial charge in [-0.2, -0.15) is 5.10 Å². The highest BCUT2D eigenvalue weighted by Crippen LogP contribution is 2.32. The quantitative estimate of drug-likeness (QED) is 0.935. The first-order valence-electron chi connectivity index (χ1n) is 7.85. The fourth-order valence-electron chi connectivity index (χ4n) is 2.92. The Balaban J connectivity index is 1.72. The van der Waals surface area contributed by atoms with Gasteiger partial charge in [-0.15, -0.1) is 0 Å². The van der Waals surface area contributed by atoms with E-state index >= 15 is 0 Å². The van der Waals surface area contributed by atoms with Gasteiger partial charge >= 0.3 is 0 Å². The van der Waals surface area contributed by atoms with Crippen LogP contribution >= 0.6 is 0 Å². The van der Waals surface area contributed by atoms with Gasteiger partial charge in [0.1, 0.15) is 0 Å². The number of carbonyl (C=O) groups is 2. The van der Waals surface area contributed by atoms with E-state index in [0.29, 0.717) is 6.54 Å². The van der Waals surface area contributed by atoms with Gasteiger partial charge in [0.2, 0.25) is 11.8 Å². The summed E-state index contributed by atoms with van der Waals surface area (Å²) in [4.78, 5) is 25.9. The summed E-state index contributed by atoms with van der Waals surface area (Å²) in [6, 6.07) is 7.55. The van der Waals surface area contributed by atoms with E-state index in [9.17, 15) is 9.59 Å². The number of hydrogen-bond donors (Lipinski definition) is 1. The van der Waals surface area contributed by atoms with Gasteiger partial charge in [-0.05, 0) is 17.2 Å². The standard InChI is InChI=1S/C18H20N4O2/c1-13(23)22-8-7-15-5-3-4-6-16(15)17(22)9-18(24)19-10-14-11-20-21(2)12-14/h3-8,11-12,17H,9-10H2,1-2H3,(H,19,24)/t17-/m0/s1. The Bertz CT molecular complexity index is 794.